The molecule has 0 aromatic heterocycles. The predicted molar refractivity (Wildman–Crippen MR) is 85.6 cm³/mol. The molecule has 0 aliphatic carbocycles. The van der Waals surface area contributed by atoms with Crippen molar-refractivity contribution in [2.24, 2.45) is 0 Å². The number of carbonyl (C=O) groups excluding carboxylic acids is 2. The molecule has 0 radical (unpaired) electrons. The number of nitrogens with one attached hydrogen (secondary N) is 1. The van der Waals surface area contributed by atoms with Gasteiger partial charge in [0.05, 0.1) is 23.7 Å². The van der Waals surface area contributed by atoms with Crippen LogP contribution in [-0.4, -0.2) is 17.9 Å². The Labute approximate surface area is 142 Å². The number of rotatable bonds is 4. The van der Waals surface area contributed by atoms with Crippen LogP contribution in [0.1, 0.15) is 17.5 Å². The lowest BCUT2D eigenvalue weighted by Crippen LogP contribution is -2.38. The van der Waals surface area contributed by atoms with Gasteiger partial charge in [-0.25, -0.2) is 4.90 Å². The number of hydrogen-bond donors (Lipinski definition) is 1. The topological polar surface area (TPSA) is 49.4 Å². The van der Waals surface area contributed by atoms with Crippen molar-refractivity contribution >= 4 is 17.5 Å². The SMILES string of the molecule is O=C1C[C@H](NCc2cccc(C(F)(F)F)c2)C(=O)N1c1ccccc1. The second-order valence-corrected chi connectivity index (χ2v) is 5.74. The van der Waals surface area contributed by atoms with E-state index >= 15 is 0 Å². The minimum Gasteiger partial charge on any atom is -0.301 e. The minimum atomic E-state index is -4.42. The fourth-order valence-corrected chi connectivity index (χ4v) is 2.74. The third-order valence-corrected chi connectivity index (χ3v) is 3.97. The number of nitrogens with zero attached hydrogens (tertiary/aromatic N) is 1. The van der Waals surface area contributed by atoms with Crippen molar-refractivity contribution in [3.63, 3.8) is 0 Å². The standard InChI is InChI=1S/C18H15F3N2O2/c19-18(20,21)13-6-4-5-12(9-13)11-22-15-10-16(24)23(17(15)25)14-7-2-1-3-8-14/h1-9,15,22H,10-11H2/t15-/m0/s1. The highest BCUT2D eigenvalue weighted by Crippen LogP contribution is 2.29. The Morgan fingerprint density at radius 1 is 1.04 bits per heavy atom. The number of carbonyl (C=O) groups is 2. The van der Waals surface area contributed by atoms with E-state index in [0.29, 0.717) is 11.3 Å². The molecule has 1 atom stereocenters. The molecule has 0 bridgehead atoms. The van der Waals surface area contributed by atoms with Crippen LogP contribution in [0.3, 0.4) is 0 Å². The van der Waals surface area contributed by atoms with Crippen molar-refractivity contribution in [1.29, 1.82) is 0 Å². The van der Waals surface area contributed by atoms with Gasteiger partial charge >= 0.3 is 6.18 Å². The highest BCUT2D eigenvalue weighted by Gasteiger charge is 2.39. The van der Waals surface area contributed by atoms with Crippen molar-refractivity contribution in [2.75, 3.05) is 4.90 Å². The lowest BCUT2D eigenvalue weighted by molar-refractivity contribution is -0.137. The molecular weight excluding hydrogens is 333 g/mol. The molecule has 1 fully saturated rings. The summed E-state index contributed by atoms with van der Waals surface area (Å²) in [5.41, 5.74) is 0.139. The van der Waals surface area contributed by atoms with Gasteiger partial charge in [-0.15, -0.1) is 0 Å². The van der Waals surface area contributed by atoms with Gasteiger partial charge in [0.15, 0.2) is 0 Å². The molecule has 7 heteroatoms. The van der Waals surface area contributed by atoms with E-state index in [4.69, 9.17) is 0 Å². The van der Waals surface area contributed by atoms with Gasteiger partial charge in [0, 0.05) is 6.54 Å². The maximum atomic E-state index is 12.7. The van der Waals surface area contributed by atoms with Gasteiger partial charge in [-0.1, -0.05) is 36.4 Å². The number of anilines is 1. The summed E-state index contributed by atoms with van der Waals surface area (Å²) in [7, 11) is 0. The van der Waals surface area contributed by atoms with E-state index in [-0.39, 0.29) is 18.9 Å². The summed E-state index contributed by atoms with van der Waals surface area (Å²) in [6.45, 7) is 0.0657. The first-order chi connectivity index (χ1) is 11.9. The molecular formula is C18H15F3N2O2. The average molecular weight is 348 g/mol. The van der Waals surface area contributed by atoms with Gasteiger partial charge in [-0.3, -0.25) is 9.59 Å². The van der Waals surface area contributed by atoms with Gasteiger partial charge in [-0.2, -0.15) is 13.2 Å². The van der Waals surface area contributed by atoms with Crippen LogP contribution in [0.5, 0.6) is 0 Å². The van der Waals surface area contributed by atoms with Gasteiger partial charge in [0.25, 0.3) is 5.91 Å². The largest absolute Gasteiger partial charge is 0.416 e. The summed E-state index contributed by atoms with van der Waals surface area (Å²) < 4.78 is 38.2. The van der Waals surface area contributed by atoms with E-state index in [2.05, 4.69) is 5.32 Å². The highest BCUT2D eigenvalue weighted by molar-refractivity contribution is 6.22. The highest BCUT2D eigenvalue weighted by atomic mass is 19.4. The quantitative estimate of drug-likeness (QED) is 0.864. The molecule has 2 amide bonds. The van der Waals surface area contributed by atoms with Gasteiger partial charge < -0.3 is 5.32 Å². The summed E-state index contributed by atoms with van der Waals surface area (Å²) >= 11 is 0. The van der Waals surface area contributed by atoms with Crippen molar-refractivity contribution in [3.8, 4) is 0 Å². The minimum absolute atomic E-state index is 0.0211. The average Bonchev–Trinajstić information content (AvgIpc) is 2.87. The molecule has 25 heavy (non-hydrogen) atoms. The fourth-order valence-electron chi connectivity index (χ4n) is 2.74. The Morgan fingerprint density at radius 3 is 2.44 bits per heavy atom. The molecule has 2 aromatic carbocycles. The number of benzene rings is 2. The summed E-state index contributed by atoms with van der Waals surface area (Å²) in [5.74, 6) is -0.735. The molecule has 1 heterocycles. The number of imide groups is 1. The second-order valence-electron chi connectivity index (χ2n) is 5.74. The van der Waals surface area contributed by atoms with Gasteiger partial charge in [0.2, 0.25) is 5.91 Å². The van der Waals surface area contributed by atoms with Crippen molar-refractivity contribution in [1.82, 2.24) is 5.32 Å². The number of amides is 2. The van der Waals surface area contributed by atoms with Crippen LogP contribution in [0, 0.1) is 0 Å². The van der Waals surface area contributed by atoms with Crippen LogP contribution in [0.4, 0.5) is 18.9 Å². The second kappa shape index (κ2) is 6.68. The molecule has 0 saturated carbocycles. The van der Waals surface area contributed by atoms with Gasteiger partial charge in [0.1, 0.15) is 0 Å². The Balaban J connectivity index is 1.69. The third kappa shape index (κ3) is 3.71. The zero-order chi connectivity index (χ0) is 18.0. The van der Waals surface area contributed by atoms with Crippen molar-refractivity contribution < 1.29 is 22.8 Å². The number of halogens is 3. The van der Waals surface area contributed by atoms with Gasteiger partial charge in [-0.05, 0) is 23.8 Å². The lowest BCUT2D eigenvalue weighted by Gasteiger charge is -2.15. The molecule has 0 spiro atoms. The van der Waals surface area contributed by atoms with Crippen LogP contribution in [-0.2, 0) is 22.3 Å². The van der Waals surface area contributed by atoms with Crippen LogP contribution in [0.25, 0.3) is 0 Å². The van der Waals surface area contributed by atoms with E-state index in [1.54, 1.807) is 36.4 Å². The molecule has 130 valence electrons. The summed E-state index contributed by atoms with van der Waals surface area (Å²) in [6.07, 6.45) is -4.44. The zero-order valence-corrected chi connectivity index (χ0v) is 13.1. The number of para-hydroxylation sites is 1. The fraction of sp³-hybridized carbons (Fsp3) is 0.222. The maximum absolute atomic E-state index is 12.7. The van der Waals surface area contributed by atoms with Crippen molar-refractivity contribution in [2.45, 2.75) is 25.2 Å². The van der Waals surface area contributed by atoms with Crippen molar-refractivity contribution in [3.05, 3.63) is 65.7 Å². The van der Waals surface area contributed by atoms with E-state index in [1.165, 1.54) is 6.07 Å². The molecule has 0 unspecified atom stereocenters. The number of alkyl halides is 3. The Bertz CT molecular complexity index is 790. The van der Waals surface area contributed by atoms with Crippen LogP contribution in [0.2, 0.25) is 0 Å². The molecule has 1 saturated heterocycles. The lowest BCUT2D eigenvalue weighted by atomic mass is 10.1. The molecule has 1 aliphatic heterocycles. The number of hydrogen-bond acceptors (Lipinski definition) is 3. The molecule has 4 nitrogen and oxygen atoms in total. The molecule has 1 aliphatic rings. The first-order valence-electron chi connectivity index (χ1n) is 7.67. The normalized spacial score (nSPS) is 18.0. The summed E-state index contributed by atoms with van der Waals surface area (Å²) in [4.78, 5) is 25.6. The van der Waals surface area contributed by atoms with E-state index in [1.807, 2.05) is 0 Å². The first kappa shape index (κ1) is 17.2. The Kier molecular flexibility index (Phi) is 4.59. The summed E-state index contributed by atoms with van der Waals surface area (Å²) in [5, 5.41) is 2.88. The molecule has 3 rings (SSSR count). The third-order valence-electron chi connectivity index (χ3n) is 3.97. The van der Waals surface area contributed by atoms with E-state index < -0.39 is 23.7 Å². The van der Waals surface area contributed by atoms with E-state index in [0.717, 1.165) is 17.0 Å². The monoisotopic (exact) mass is 348 g/mol. The first-order valence-corrected chi connectivity index (χ1v) is 7.67. The van der Waals surface area contributed by atoms with Crippen LogP contribution < -0.4 is 10.2 Å². The smallest absolute Gasteiger partial charge is 0.301 e. The molecule has 1 N–H and O–H groups in total. The Morgan fingerprint density at radius 2 is 1.76 bits per heavy atom. The zero-order valence-electron chi connectivity index (χ0n) is 13.1. The predicted octanol–water partition coefficient (Wildman–Crippen LogP) is 3.13. The molecule has 2 aromatic rings. The maximum Gasteiger partial charge on any atom is 0.416 e. The van der Waals surface area contributed by atoms with Crippen LogP contribution in [0.15, 0.2) is 54.6 Å². The van der Waals surface area contributed by atoms with Crippen LogP contribution >= 0.6 is 0 Å². The summed E-state index contributed by atoms with van der Waals surface area (Å²) in [6, 6.07) is 12.7. The van der Waals surface area contributed by atoms with E-state index in [9.17, 15) is 22.8 Å². The Hall–Kier alpha value is -2.67.